The molecule has 1 fully saturated rings. The molecule has 0 unspecified atom stereocenters. The van der Waals surface area contributed by atoms with Gasteiger partial charge in [0.2, 0.25) is 0 Å². The van der Waals surface area contributed by atoms with Crippen LogP contribution in [0.5, 0.6) is 0 Å². The normalized spacial score (nSPS) is 16.0. The average molecular weight is 314 g/mol. The fraction of sp³-hybridized carbons (Fsp3) is 0.571. The predicted molar refractivity (Wildman–Crippen MR) is 81.1 cm³/mol. The lowest BCUT2D eigenvalue weighted by atomic mass is 10.2. The number of piperazine rings is 1. The summed E-state index contributed by atoms with van der Waals surface area (Å²) < 4.78 is 9.82. The number of carbonyl (C=O) groups excluding carboxylic acids is 1. The van der Waals surface area contributed by atoms with Crippen molar-refractivity contribution in [2.45, 2.75) is 0 Å². The van der Waals surface area contributed by atoms with Gasteiger partial charge in [0.05, 0.1) is 19.3 Å². The number of rotatable bonds is 5. The van der Waals surface area contributed by atoms with E-state index in [1.54, 1.807) is 13.2 Å². The summed E-state index contributed by atoms with van der Waals surface area (Å²) in [6.07, 6.45) is 0. The Labute approximate surface area is 129 Å². The van der Waals surface area contributed by atoms with Crippen LogP contribution in [-0.4, -0.2) is 69.4 Å². The van der Waals surface area contributed by atoms with Gasteiger partial charge in [0, 0.05) is 39.8 Å². The molecule has 0 aromatic carbocycles. The van der Waals surface area contributed by atoms with Gasteiger partial charge in [-0.3, -0.25) is 4.90 Å². The maximum Gasteiger partial charge on any atom is 0.338 e. The van der Waals surface area contributed by atoms with Crippen molar-refractivity contribution < 1.29 is 14.3 Å². The minimum absolute atomic E-state index is 0.301. The first-order valence-electron chi connectivity index (χ1n) is 6.86. The highest BCUT2D eigenvalue weighted by Crippen LogP contribution is 2.20. The highest BCUT2D eigenvalue weighted by atomic mass is 35.5. The number of methoxy groups -OCH3 is 2. The largest absolute Gasteiger partial charge is 0.465 e. The van der Waals surface area contributed by atoms with Crippen molar-refractivity contribution in [3.05, 3.63) is 22.8 Å². The van der Waals surface area contributed by atoms with Crippen LogP contribution in [0, 0.1) is 0 Å². The maximum absolute atomic E-state index is 11.6. The van der Waals surface area contributed by atoms with Gasteiger partial charge in [-0.05, 0) is 12.1 Å². The first kappa shape index (κ1) is 16.0. The highest BCUT2D eigenvalue weighted by Gasteiger charge is 2.19. The topological polar surface area (TPSA) is 54.9 Å². The second kappa shape index (κ2) is 7.59. The Morgan fingerprint density at radius 3 is 2.62 bits per heavy atom. The Morgan fingerprint density at radius 1 is 1.29 bits per heavy atom. The number of carbonyl (C=O) groups is 1. The molecule has 2 heterocycles. The van der Waals surface area contributed by atoms with E-state index in [9.17, 15) is 4.79 Å². The van der Waals surface area contributed by atoms with Gasteiger partial charge in [-0.15, -0.1) is 0 Å². The summed E-state index contributed by atoms with van der Waals surface area (Å²) in [4.78, 5) is 20.4. The highest BCUT2D eigenvalue weighted by molar-refractivity contribution is 6.29. The minimum atomic E-state index is -0.403. The Kier molecular flexibility index (Phi) is 5.78. The van der Waals surface area contributed by atoms with Gasteiger partial charge in [0.1, 0.15) is 11.0 Å². The molecule has 7 heteroatoms. The monoisotopic (exact) mass is 313 g/mol. The predicted octanol–water partition coefficient (Wildman–Crippen LogP) is 1.29. The number of aromatic nitrogens is 1. The number of halogens is 1. The van der Waals surface area contributed by atoms with Crippen LogP contribution in [0.15, 0.2) is 12.1 Å². The van der Waals surface area contributed by atoms with Crippen LogP contribution in [0.25, 0.3) is 0 Å². The van der Waals surface area contributed by atoms with E-state index in [2.05, 4.69) is 14.8 Å². The third-order valence-corrected chi connectivity index (χ3v) is 3.70. The van der Waals surface area contributed by atoms with Crippen LogP contribution >= 0.6 is 11.6 Å². The van der Waals surface area contributed by atoms with E-state index in [0.717, 1.165) is 39.3 Å². The fourth-order valence-electron chi connectivity index (χ4n) is 2.30. The molecule has 0 radical (unpaired) electrons. The number of hydrogen-bond donors (Lipinski definition) is 0. The number of anilines is 1. The van der Waals surface area contributed by atoms with Gasteiger partial charge < -0.3 is 14.4 Å². The van der Waals surface area contributed by atoms with E-state index in [4.69, 9.17) is 21.1 Å². The number of nitrogens with zero attached hydrogens (tertiary/aromatic N) is 3. The summed E-state index contributed by atoms with van der Waals surface area (Å²) in [7, 11) is 3.06. The molecule has 2 rings (SSSR count). The summed E-state index contributed by atoms with van der Waals surface area (Å²) >= 11 is 5.99. The molecule has 1 aliphatic heterocycles. The summed E-state index contributed by atoms with van der Waals surface area (Å²) in [6.45, 7) is 5.23. The van der Waals surface area contributed by atoms with Gasteiger partial charge in [-0.2, -0.15) is 0 Å². The van der Waals surface area contributed by atoms with E-state index < -0.39 is 5.97 Å². The van der Waals surface area contributed by atoms with Crippen LogP contribution in [0.4, 0.5) is 5.82 Å². The summed E-state index contributed by atoms with van der Waals surface area (Å²) in [5.41, 5.74) is 0.425. The number of pyridine rings is 1. The van der Waals surface area contributed by atoms with Gasteiger partial charge >= 0.3 is 5.97 Å². The van der Waals surface area contributed by atoms with Crippen LogP contribution in [0.1, 0.15) is 10.4 Å². The van der Waals surface area contributed by atoms with Crippen molar-refractivity contribution in [3.8, 4) is 0 Å². The van der Waals surface area contributed by atoms with Crippen molar-refractivity contribution >= 4 is 23.4 Å². The number of esters is 1. The van der Waals surface area contributed by atoms with Crippen molar-refractivity contribution in [1.82, 2.24) is 9.88 Å². The van der Waals surface area contributed by atoms with Crippen LogP contribution < -0.4 is 4.90 Å². The molecule has 21 heavy (non-hydrogen) atoms. The Hall–Kier alpha value is -1.37. The first-order valence-corrected chi connectivity index (χ1v) is 7.24. The molecule has 0 spiro atoms. The van der Waals surface area contributed by atoms with E-state index >= 15 is 0 Å². The smallest absolute Gasteiger partial charge is 0.338 e. The SMILES string of the molecule is COCCN1CCN(c2cc(C(=O)OC)cc(Cl)n2)CC1. The van der Waals surface area contributed by atoms with Gasteiger partial charge in [-0.1, -0.05) is 11.6 Å². The van der Waals surface area contributed by atoms with Crippen LogP contribution in [-0.2, 0) is 9.47 Å². The van der Waals surface area contributed by atoms with Crippen molar-refractivity contribution in [2.75, 3.05) is 58.5 Å². The van der Waals surface area contributed by atoms with Crippen molar-refractivity contribution in [3.63, 3.8) is 0 Å². The zero-order valence-electron chi connectivity index (χ0n) is 12.3. The molecule has 1 aromatic rings. The third kappa shape index (κ3) is 4.30. The van der Waals surface area contributed by atoms with E-state index in [1.807, 2.05) is 0 Å². The molecular formula is C14H20ClN3O3. The molecule has 0 amide bonds. The fourth-order valence-corrected chi connectivity index (χ4v) is 2.51. The third-order valence-electron chi connectivity index (χ3n) is 3.51. The molecule has 0 atom stereocenters. The Balaban J connectivity index is 2.03. The summed E-state index contributed by atoms with van der Waals surface area (Å²) in [6, 6.07) is 3.24. The van der Waals surface area contributed by atoms with E-state index in [1.165, 1.54) is 13.2 Å². The molecule has 0 bridgehead atoms. The summed E-state index contributed by atoms with van der Waals surface area (Å²) in [5.74, 6) is 0.313. The zero-order chi connectivity index (χ0) is 15.2. The minimum Gasteiger partial charge on any atom is -0.465 e. The van der Waals surface area contributed by atoms with E-state index in [0.29, 0.717) is 16.5 Å². The maximum atomic E-state index is 11.6. The van der Waals surface area contributed by atoms with Gasteiger partial charge in [0.25, 0.3) is 0 Å². The molecule has 1 saturated heterocycles. The molecule has 1 aliphatic rings. The molecular weight excluding hydrogens is 294 g/mol. The Morgan fingerprint density at radius 2 is 2.00 bits per heavy atom. The molecule has 1 aromatic heterocycles. The van der Waals surface area contributed by atoms with E-state index in [-0.39, 0.29) is 0 Å². The quantitative estimate of drug-likeness (QED) is 0.603. The van der Waals surface area contributed by atoms with Crippen molar-refractivity contribution in [2.24, 2.45) is 0 Å². The van der Waals surface area contributed by atoms with Crippen molar-refractivity contribution in [1.29, 1.82) is 0 Å². The van der Waals surface area contributed by atoms with Crippen LogP contribution in [0.3, 0.4) is 0 Å². The molecule has 0 N–H and O–H groups in total. The molecule has 6 nitrogen and oxygen atoms in total. The molecule has 0 saturated carbocycles. The molecule has 116 valence electrons. The lowest BCUT2D eigenvalue weighted by Crippen LogP contribution is -2.47. The molecule has 0 aliphatic carbocycles. The standard InChI is InChI=1S/C14H20ClN3O3/c1-20-8-7-17-3-5-18(6-4-17)13-10-11(14(19)21-2)9-12(15)16-13/h9-10H,3-8H2,1-2H3. The van der Waals surface area contributed by atoms with Crippen LogP contribution in [0.2, 0.25) is 5.15 Å². The first-order chi connectivity index (χ1) is 10.1. The zero-order valence-corrected chi connectivity index (χ0v) is 13.1. The lowest BCUT2D eigenvalue weighted by Gasteiger charge is -2.35. The second-order valence-corrected chi connectivity index (χ2v) is 5.24. The number of hydrogen-bond acceptors (Lipinski definition) is 6. The van der Waals surface area contributed by atoms with Gasteiger partial charge in [-0.25, -0.2) is 9.78 Å². The second-order valence-electron chi connectivity index (χ2n) is 4.85. The lowest BCUT2D eigenvalue weighted by molar-refractivity contribution is 0.0600. The number of ether oxygens (including phenoxy) is 2. The Bertz CT molecular complexity index is 490. The van der Waals surface area contributed by atoms with Gasteiger partial charge in [0.15, 0.2) is 0 Å². The summed E-state index contributed by atoms with van der Waals surface area (Å²) in [5, 5.41) is 0.301. The average Bonchev–Trinajstić information content (AvgIpc) is 2.52.